The number of nitrogens with zero attached hydrogens (tertiary/aromatic N) is 3. The highest BCUT2D eigenvalue weighted by Gasteiger charge is 2.28. The van der Waals surface area contributed by atoms with Gasteiger partial charge in [0.15, 0.2) is 0 Å². The fourth-order valence-corrected chi connectivity index (χ4v) is 4.18. The van der Waals surface area contributed by atoms with E-state index in [4.69, 9.17) is 0 Å². The Labute approximate surface area is 174 Å². The minimum Gasteiger partial charge on any atom is -0.508 e. The zero-order chi connectivity index (χ0) is 19.5. The average molecular weight is 438 g/mol. The highest BCUT2D eigenvalue weighted by molar-refractivity contribution is 9.10. The van der Waals surface area contributed by atoms with Gasteiger partial charge in [0.25, 0.3) is 0 Å². The number of aromatic nitrogens is 1. The number of hydrogen-bond donors (Lipinski definition) is 1. The molecule has 2 heterocycles. The number of aromatic hydroxyl groups is 1. The van der Waals surface area contributed by atoms with Crippen molar-refractivity contribution in [2.75, 3.05) is 31.1 Å². The number of halogens is 1. The SMILES string of the molecule is Cc1ccc(O)c(C(c2ccc(Br)cc2)N2CCN(c3ccncc3)CC2)c1. The van der Waals surface area contributed by atoms with Crippen LogP contribution >= 0.6 is 15.9 Å². The first-order valence-electron chi connectivity index (χ1n) is 9.56. The highest BCUT2D eigenvalue weighted by atomic mass is 79.9. The molecule has 1 aliphatic heterocycles. The van der Waals surface area contributed by atoms with Crippen molar-refractivity contribution in [3.63, 3.8) is 0 Å². The van der Waals surface area contributed by atoms with Gasteiger partial charge in [-0.25, -0.2) is 0 Å². The van der Waals surface area contributed by atoms with Crippen LogP contribution in [-0.4, -0.2) is 41.2 Å². The molecule has 3 aromatic rings. The van der Waals surface area contributed by atoms with Gasteiger partial charge >= 0.3 is 0 Å². The molecular formula is C23H24BrN3O. The van der Waals surface area contributed by atoms with Crippen LogP contribution in [-0.2, 0) is 0 Å². The Balaban J connectivity index is 1.63. The van der Waals surface area contributed by atoms with Gasteiger partial charge in [0.2, 0.25) is 0 Å². The van der Waals surface area contributed by atoms with Gasteiger partial charge in [-0.2, -0.15) is 0 Å². The van der Waals surface area contributed by atoms with E-state index in [9.17, 15) is 5.11 Å². The molecule has 1 fully saturated rings. The van der Waals surface area contributed by atoms with Crippen LogP contribution in [0.15, 0.2) is 71.5 Å². The molecule has 1 N–H and O–H groups in total. The molecule has 0 aliphatic carbocycles. The zero-order valence-corrected chi connectivity index (χ0v) is 17.5. The normalized spacial score (nSPS) is 16.1. The van der Waals surface area contributed by atoms with E-state index < -0.39 is 0 Å². The molecule has 4 rings (SSSR count). The van der Waals surface area contributed by atoms with E-state index in [-0.39, 0.29) is 6.04 Å². The Morgan fingerprint density at radius 2 is 1.61 bits per heavy atom. The number of pyridine rings is 1. The summed E-state index contributed by atoms with van der Waals surface area (Å²) >= 11 is 3.53. The number of hydrogen-bond acceptors (Lipinski definition) is 4. The topological polar surface area (TPSA) is 39.6 Å². The number of rotatable bonds is 4. The predicted octanol–water partition coefficient (Wildman–Crippen LogP) is 4.77. The zero-order valence-electron chi connectivity index (χ0n) is 15.9. The summed E-state index contributed by atoms with van der Waals surface area (Å²) in [6.07, 6.45) is 3.69. The van der Waals surface area contributed by atoms with Gasteiger partial charge < -0.3 is 10.0 Å². The van der Waals surface area contributed by atoms with Gasteiger partial charge in [0.05, 0.1) is 6.04 Å². The molecule has 4 nitrogen and oxygen atoms in total. The molecule has 0 radical (unpaired) electrons. The number of benzene rings is 2. The van der Waals surface area contributed by atoms with E-state index in [2.05, 4.69) is 80.1 Å². The van der Waals surface area contributed by atoms with Gasteiger partial charge in [-0.1, -0.05) is 45.8 Å². The van der Waals surface area contributed by atoms with E-state index in [1.807, 2.05) is 24.5 Å². The van der Waals surface area contributed by atoms with E-state index in [0.29, 0.717) is 5.75 Å². The molecule has 5 heteroatoms. The fraction of sp³-hybridized carbons (Fsp3) is 0.261. The summed E-state index contributed by atoms with van der Waals surface area (Å²) in [5.41, 5.74) is 4.54. The van der Waals surface area contributed by atoms with Gasteiger partial charge in [0.1, 0.15) is 5.75 Å². The van der Waals surface area contributed by atoms with Crippen LogP contribution in [0.3, 0.4) is 0 Å². The van der Waals surface area contributed by atoms with Crippen molar-refractivity contribution in [3.05, 3.63) is 88.2 Å². The maximum absolute atomic E-state index is 10.6. The van der Waals surface area contributed by atoms with E-state index in [0.717, 1.165) is 41.8 Å². The lowest BCUT2D eigenvalue weighted by Crippen LogP contribution is -2.48. The average Bonchev–Trinajstić information content (AvgIpc) is 2.73. The Hall–Kier alpha value is -2.37. The molecule has 144 valence electrons. The lowest BCUT2D eigenvalue weighted by Gasteiger charge is -2.40. The largest absolute Gasteiger partial charge is 0.508 e. The van der Waals surface area contributed by atoms with Gasteiger partial charge in [0, 0.05) is 54.3 Å². The monoisotopic (exact) mass is 437 g/mol. The summed E-state index contributed by atoms with van der Waals surface area (Å²) in [6, 6.07) is 18.5. The van der Waals surface area contributed by atoms with Crippen LogP contribution < -0.4 is 4.90 Å². The minimum atomic E-state index is 0.0348. The third-order valence-corrected chi connectivity index (χ3v) is 5.90. The second-order valence-corrected chi connectivity index (χ2v) is 8.16. The summed E-state index contributed by atoms with van der Waals surface area (Å²) < 4.78 is 1.06. The Morgan fingerprint density at radius 1 is 0.929 bits per heavy atom. The standard InChI is InChI=1S/C23H24BrN3O/c1-17-2-7-22(28)21(16-17)23(18-3-5-19(24)6-4-18)27-14-12-26(13-15-27)20-8-10-25-11-9-20/h2-11,16,23,28H,12-15H2,1H3. The van der Waals surface area contributed by atoms with Crippen LogP contribution in [0.2, 0.25) is 0 Å². The molecule has 0 amide bonds. The number of phenolic OH excluding ortho intramolecular Hbond substituents is 1. The number of aryl methyl sites for hydroxylation is 1. The van der Waals surface area contributed by atoms with E-state index in [1.54, 1.807) is 0 Å². The molecule has 28 heavy (non-hydrogen) atoms. The van der Waals surface area contributed by atoms with Gasteiger partial charge in [-0.3, -0.25) is 9.88 Å². The number of anilines is 1. The molecule has 1 aromatic heterocycles. The third-order valence-electron chi connectivity index (χ3n) is 5.37. The fourth-order valence-electron chi connectivity index (χ4n) is 3.92. The Kier molecular flexibility index (Phi) is 5.64. The molecule has 1 atom stereocenters. The van der Waals surface area contributed by atoms with Crippen LogP contribution in [0.1, 0.15) is 22.7 Å². The predicted molar refractivity (Wildman–Crippen MR) is 117 cm³/mol. The van der Waals surface area contributed by atoms with Gasteiger partial charge in [-0.05, 0) is 42.8 Å². The van der Waals surface area contributed by atoms with E-state index >= 15 is 0 Å². The molecule has 1 aliphatic rings. The molecule has 0 bridgehead atoms. The molecular weight excluding hydrogens is 414 g/mol. The van der Waals surface area contributed by atoms with Crippen molar-refractivity contribution in [1.82, 2.24) is 9.88 Å². The van der Waals surface area contributed by atoms with Crippen molar-refractivity contribution in [2.24, 2.45) is 0 Å². The summed E-state index contributed by atoms with van der Waals surface area (Å²) in [6.45, 7) is 5.82. The summed E-state index contributed by atoms with van der Waals surface area (Å²) in [5, 5.41) is 10.6. The summed E-state index contributed by atoms with van der Waals surface area (Å²) in [7, 11) is 0. The van der Waals surface area contributed by atoms with Crippen molar-refractivity contribution in [1.29, 1.82) is 0 Å². The quantitative estimate of drug-likeness (QED) is 0.637. The highest BCUT2D eigenvalue weighted by Crippen LogP contribution is 2.36. The van der Waals surface area contributed by atoms with E-state index in [1.165, 1.54) is 11.3 Å². The first-order chi connectivity index (χ1) is 13.6. The minimum absolute atomic E-state index is 0.0348. The molecule has 1 saturated heterocycles. The molecule has 2 aromatic carbocycles. The summed E-state index contributed by atoms with van der Waals surface area (Å²) in [4.78, 5) is 8.98. The van der Waals surface area contributed by atoms with Gasteiger partial charge in [-0.15, -0.1) is 0 Å². The van der Waals surface area contributed by atoms with Crippen molar-refractivity contribution >= 4 is 21.6 Å². The van der Waals surface area contributed by atoms with Crippen LogP contribution in [0.4, 0.5) is 5.69 Å². The maximum Gasteiger partial charge on any atom is 0.120 e. The molecule has 0 spiro atoms. The van der Waals surface area contributed by atoms with Crippen molar-refractivity contribution in [3.8, 4) is 5.75 Å². The maximum atomic E-state index is 10.6. The Bertz CT molecular complexity index is 922. The van der Waals surface area contributed by atoms with Crippen LogP contribution in [0.25, 0.3) is 0 Å². The van der Waals surface area contributed by atoms with Crippen molar-refractivity contribution in [2.45, 2.75) is 13.0 Å². The number of piperazine rings is 1. The van der Waals surface area contributed by atoms with Crippen LogP contribution in [0, 0.1) is 6.92 Å². The summed E-state index contributed by atoms with van der Waals surface area (Å²) in [5.74, 6) is 0.357. The number of phenols is 1. The lowest BCUT2D eigenvalue weighted by molar-refractivity contribution is 0.209. The molecule has 0 saturated carbocycles. The van der Waals surface area contributed by atoms with Crippen LogP contribution in [0.5, 0.6) is 5.75 Å². The van der Waals surface area contributed by atoms with Crippen molar-refractivity contribution < 1.29 is 5.11 Å². The second kappa shape index (κ2) is 8.33. The first kappa shape index (κ1) is 19.0. The Morgan fingerprint density at radius 3 is 2.29 bits per heavy atom. The first-order valence-corrected chi connectivity index (χ1v) is 10.3. The third kappa shape index (κ3) is 4.05. The smallest absolute Gasteiger partial charge is 0.120 e. The molecule has 1 unspecified atom stereocenters. The lowest BCUT2D eigenvalue weighted by atomic mass is 9.94. The second-order valence-electron chi connectivity index (χ2n) is 7.24.